The molecule has 0 aliphatic rings. The summed E-state index contributed by atoms with van der Waals surface area (Å²) in [6.45, 7) is -4.58. The number of nitrogens with zero attached hydrogens (tertiary/aromatic N) is 1. The van der Waals surface area contributed by atoms with Crippen molar-refractivity contribution in [1.82, 2.24) is 4.98 Å². The summed E-state index contributed by atoms with van der Waals surface area (Å²) < 4.78 is 76.6. The van der Waals surface area contributed by atoms with E-state index in [1.54, 1.807) is 0 Å². The second kappa shape index (κ2) is 4.16. The monoisotopic (exact) mass is 274 g/mol. The van der Waals surface area contributed by atoms with E-state index in [1.807, 2.05) is 0 Å². The van der Waals surface area contributed by atoms with Crippen molar-refractivity contribution < 1.29 is 24.8 Å². The van der Waals surface area contributed by atoms with Crippen molar-refractivity contribution in [2.24, 2.45) is 0 Å². The number of aromatic nitrogens is 1. The highest BCUT2D eigenvalue weighted by atomic mass is 79.9. The minimum absolute atomic E-state index is 0.342. The molecule has 1 heterocycles. The molecular weight excluding hydrogens is 263 g/mol. The summed E-state index contributed by atoms with van der Waals surface area (Å²) in [5.41, 5.74) is -0.655. The Kier molecular flexibility index (Phi) is 1.77. The number of hydrogen-bond donors (Lipinski definition) is 0. The molecule has 0 N–H and O–H groups in total. The van der Waals surface area contributed by atoms with Gasteiger partial charge in [-0.2, -0.15) is 13.2 Å². The van der Waals surface area contributed by atoms with Crippen molar-refractivity contribution in [1.29, 1.82) is 0 Å². The van der Waals surface area contributed by atoms with Gasteiger partial charge in [0.1, 0.15) is 10.4 Å². The fraction of sp³-hybridized carbons (Fsp3) is 0.375. The molecule has 2 nitrogen and oxygen atoms in total. The Bertz CT molecular complexity index is 491. The van der Waals surface area contributed by atoms with Crippen LogP contribution in [-0.4, -0.2) is 17.8 Å². The van der Waals surface area contributed by atoms with Gasteiger partial charge < -0.3 is 4.74 Å². The summed E-state index contributed by atoms with van der Waals surface area (Å²) in [6.07, 6.45) is -5.37. The topological polar surface area (TPSA) is 22.1 Å². The molecule has 0 atom stereocenters. The summed E-state index contributed by atoms with van der Waals surface area (Å²) >= 11 is 2.75. The first kappa shape index (κ1) is 5.95. The van der Waals surface area contributed by atoms with Crippen LogP contribution in [0.25, 0.3) is 0 Å². The van der Waals surface area contributed by atoms with Crippen molar-refractivity contribution >= 4 is 15.9 Å². The SMILES string of the molecule is [2H]c1nc(Br)c(C([2H])([2H])[2H])c(OCC(F)(F)F)c1[2H]. The third-order valence-corrected chi connectivity index (χ3v) is 1.71. The van der Waals surface area contributed by atoms with E-state index in [9.17, 15) is 13.2 Å². The highest BCUT2D eigenvalue weighted by Crippen LogP contribution is 2.25. The minimum Gasteiger partial charge on any atom is -0.484 e. The molecule has 0 radical (unpaired) electrons. The Morgan fingerprint density at radius 1 is 1.71 bits per heavy atom. The molecule has 0 unspecified atom stereocenters. The van der Waals surface area contributed by atoms with Gasteiger partial charge in [0.25, 0.3) is 0 Å². The minimum atomic E-state index is -4.68. The normalized spacial score (nSPS) is 17.6. The summed E-state index contributed by atoms with van der Waals surface area (Å²) in [6, 6.07) is -0.807. The third kappa shape index (κ3) is 3.17. The second-order valence-electron chi connectivity index (χ2n) is 2.25. The van der Waals surface area contributed by atoms with Crippen molar-refractivity contribution in [3.63, 3.8) is 0 Å². The van der Waals surface area contributed by atoms with Crippen molar-refractivity contribution in [3.05, 3.63) is 22.4 Å². The lowest BCUT2D eigenvalue weighted by molar-refractivity contribution is -0.153. The zero-order chi connectivity index (χ0) is 15.0. The molecular formula is C8H7BrF3NO. The summed E-state index contributed by atoms with van der Waals surface area (Å²) in [4.78, 5) is 3.42. The fourth-order valence-electron chi connectivity index (χ4n) is 0.602. The van der Waals surface area contributed by atoms with Gasteiger partial charge in [0.05, 0.1) is 2.74 Å². The second-order valence-corrected chi connectivity index (χ2v) is 3.00. The Morgan fingerprint density at radius 2 is 2.43 bits per heavy atom. The summed E-state index contributed by atoms with van der Waals surface area (Å²) in [5.74, 6) is -0.816. The first-order chi connectivity index (χ1) is 8.43. The molecule has 14 heavy (non-hydrogen) atoms. The first-order valence-corrected chi connectivity index (χ1v) is 4.09. The van der Waals surface area contributed by atoms with Gasteiger partial charge >= 0.3 is 6.18 Å². The molecule has 1 aromatic heterocycles. The molecule has 0 amide bonds. The van der Waals surface area contributed by atoms with Gasteiger partial charge in [0.2, 0.25) is 0 Å². The predicted molar refractivity (Wildman–Crippen MR) is 48.2 cm³/mol. The number of halogens is 4. The molecule has 0 fully saturated rings. The van der Waals surface area contributed by atoms with E-state index in [2.05, 4.69) is 25.7 Å². The van der Waals surface area contributed by atoms with Crippen LogP contribution in [0.4, 0.5) is 13.2 Å². The molecule has 0 aromatic carbocycles. The number of rotatable bonds is 2. The van der Waals surface area contributed by atoms with E-state index in [-0.39, 0.29) is 4.60 Å². The van der Waals surface area contributed by atoms with E-state index < -0.39 is 43.2 Å². The number of pyridine rings is 1. The van der Waals surface area contributed by atoms with Crippen molar-refractivity contribution in [3.8, 4) is 5.75 Å². The highest BCUT2D eigenvalue weighted by Gasteiger charge is 2.28. The van der Waals surface area contributed by atoms with Gasteiger partial charge in [-0.3, -0.25) is 0 Å². The predicted octanol–water partition coefficient (Wildman–Crippen LogP) is 3.09. The molecule has 6 heteroatoms. The number of ether oxygens (including phenoxy) is 1. The molecule has 0 aliphatic carbocycles. The molecule has 0 saturated carbocycles. The standard InChI is InChI=1S/C8H7BrF3NO/c1-5-6(2-3-13-7(5)9)14-4-8(10,11)12/h2-3H,4H2,1H3/i1D3,2D,3D. The Hall–Kier alpha value is -0.780. The van der Waals surface area contributed by atoms with Crippen LogP contribution in [0.2, 0.25) is 0 Å². The van der Waals surface area contributed by atoms with E-state index in [0.29, 0.717) is 0 Å². The lowest BCUT2D eigenvalue weighted by Gasteiger charge is -2.11. The van der Waals surface area contributed by atoms with Crippen LogP contribution in [0.3, 0.4) is 0 Å². The van der Waals surface area contributed by atoms with Gasteiger partial charge in [-0.1, -0.05) is 0 Å². The van der Waals surface area contributed by atoms with Crippen LogP contribution in [0.15, 0.2) is 16.8 Å². The summed E-state index contributed by atoms with van der Waals surface area (Å²) in [7, 11) is 0. The maximum Gasteiger partial charge on any atom is 0.422 e. The quantitative estimate of drug-likeness (QED) is 0.774. The van der Waals surface area contributed by atoms with Crippen LogP contribution < -0.4 is 4.74 Å². The highest BCUT2D eigenvalue weighted by molar-refractivity contribution is 9.10. The average Bonchev–Trinajstić information content (AvgIpc) is 2.17. The smallest absolute Gasteiger partial charge is 0.422 e. The van der Waals surface area contributed by atoms with E-state index in [4.69, 9.17) is 6.85 Å². The molecule has 0 saturated heterocycles. The lowest BCUT2D eigenvalue weighted by Crippen LogP contribution is -2.19. The van der Waals surface area contributed by atoms with Gasteiger partial charge in [-0.05, 0) is 28.8 Å². The Labute approximate surface area is 94.2 Å². The molecule has 78 valence electrons. The average molecular weight is 275 g/mol. The largest absolute Gasteiger partial charge is 0.484 e. The van der Waals surface area contributed by atoms with Gasteiger partial charge in [0, 0.05) is 15.8 Å². The zero-order valence-corrected chi connectivity index (χ0v) is 8.16. The van der Waals surface area contributed by atoms with Crippen LogP contribution >= 0.6 is 15.9 Å². The zero-order valence-electron chi connectivity index (χ0n) is 11.6. The first-order valence-electron chi connectivity index (χ1n) is 5.80. The molecule has 1 aromatic rings. The Balaban J connectivity index is 3.34. The number of hydrogen-bond acceptors (Lipinski definition) is 2. The fourth-order valence-corrected chi connectivity index (χ4v) is 0.871. The van der Waals surface area contributed by atoms with Crippen LogP contribution in [0, 0.1) is 6.85 Å². The maximum absolute atomic E-state index is 12.1. The molecule has 1 rings (SSSR count). The van der Waals surface area contributed by atoms with E-state index in [0.717, 1.165) is 0 Å². The molecule has 0 aliphatic heterocycles. The Morgan fingerprint density at radius 3 is 3.00 bits per heavy atom. The van der Waals surface area contributed by atoms with Gasteiger partial charge in [-0.25, -0.2) is 4.98 Å². The van der Waals surface area contributed by atoms with E-state index >= 15 is 0 Å². The van der Waals surface area contributed by atoms with Crippen molar-refractivity contribution in [2.45, 2.75) is 13.0 Å². The van der Waals surface area contributed by atoms with Crippen molar-refractivity contribution in [2.75, 3.05) is 6.61 Å². The van der Waals surface area contributed by atoms with Crippen LogP contribution in [0.5, 0.6) is 5.75 Å². The molecule has 0 spiro atoms. The van der Waals surface area contributed by atoms with Gasteiger partial charge in [-0.15, -0.1) is 0 Å². The van der Waals surface area contributed by atoms with Gasteiger partial charge in [0.15, 0.2) is 6.61 Å². The molecule has 0 bridgehead atoms. The van der Waals surface area contributed by atoms with Crippen LogP contribution in [0.1, 0.15) is 12.4 Å². The van der Waals surface area contributed by atoms with E-state index in [1.165, 1.54) is 0 Å². The maximum atomic E-state index is 12.1. The number of alkyl halides is 3. The summed E-state index contributed by atoms with van der Waals surface area (Å²) in [5, 5.41) is 0. The lowest BCUT2D eigenvalue weighted by atomic mass is 10.3. The van der Waals surface area contributed by atoms with Crippen LogP contribution in [-0.2, 0) is 0 Å². The third-order valence-electron chi connectivity index (χ3n) is 1.14.